The van der Waals surface area contributed by atoms with Gasteiger partial charge in [0.2, 0.25) is 5.89 Å². The van der Waals surface area contributed by atoms with Crippen molar-refractivity contribution in [2.45, 2.75) is 13.5 Å². The van der Waals surface area contributed by atoms with Gasteiger partial charge in [-0.2, -0.15) is 0 Å². The van der Waals surface area contributed by atoms with Crippen LogP contribution < -0.4 is 15.4 Å². The van der Waals surface area contributed by atoms with Gasteiger partial charge in [0.05, 0.1) is 19.3 Å². The fourth-order valence-corrected chi connectivity index (χ4v) is 1.80. The highest BCUT2D eigenvalue weighted by Crippen LogP contribution is 2.29. The highest BCUT2D eigenvalue weighted by molar-refractivity contribution is 9.10. The van der Waals surface area contributed by atoms with Crippen LogP contribution in [0, 0.1) is 0 Å². The van der Waals surface area contributed by atoms with E-state index in [0.717, 1.165) is 22.5 Å². The van der Waals surface area contributed by atoms with E-state index in [2.05, 4.69) is 36.8 Å². The van der Waals surface area contributed by atoms with Crippen LogP contribution in [-0.2, 0) is 6.54 Å². The van der Waals surface area contributed by atoms with Crippen molar-refractivity contribution in [3.05, 3.63) is 28.6 Å². The number of anilines is 2. The number of aromatic nitrogens is 2. The van der Waals surface area contributed by atoms with E-state index in [9.17, 15) is 0 Å². The molecule has 0 aliphatic rings. The van der Waals surface area contributed by atoms with Gasteiger partial charge in [-0.3, -0.25) is 0 Å². The van der Waals surface area contributed by atoms with Crippen LogP contribution >= 0.6 is 15.9 Å². The van der Waals surface area contributed by atoms with Gasteiger partial charge in [0.25, 0.3) is 0 Å². The predicted molar refractivity (Wildman–Crippen MR) is 75.7 cm³/mol. The number of nitrogens with one attached hydrogen (secondary N) is 2. The molecule has 0 atom stereocenters. The maximum absolute atomic E-state index is 5.46. The SMILES string of the molecule is CCNCc1nnc(Nc2cc(OC)ccc2Br)o1. The minimum absolute atomic E-state index is 0.349. The first-order valence-corrected chi connectivity index (χ1v) is 6.66. The molecule has 2 aromatic rings. The fourth-order valence-electron chi connectivity index (χ4n) is 1.45. The summed E-state index contributed by atoms with van der Waals surface area (Å²) in [6, 6.07) is 5.94. The number of ether oxygens (including phenoxy) is 1. The molecule has 0 unspecified atom stereocenters. The number of methoxy groups -OCH3 is 1. The molecule has 0 fully saturated rings. The zero-order chi connectivity index (χ0) is 13.7. The van der Waals surface area contributed by atoms with Gasteiger partial charge in [-0.15, -0.1) is 5.10 Å². The van der Waals surface area contributed by atoms with Gasteiger partial charge in [-0.1, -0.05) is 12.0 Å². The number of hydrogen-bond donors (Lipinski definition) is 2. The lowest BCUT2D eigenvalue weighted by Gasteiger charge is -2.06. The molecular weight excluding hydrogens is 312 g/mol. The number of halogens is 1. The zero-order valence-electron chi connectivity index (χ0n) is 10.7. The van der Waals surface area contributed by atoms with E-state index in [-0.39, 0.29) is 0 Å². The Bertz CT molecular complexity index is 544. The smallest absolute Gasteiger partial charge is 0.320 e. The molecule has 0 radical (unpaired) electrons. The Morgan fingerprint density at radius 3 is 2.95 bits per heavy atom. The first-order valence-electron chi connectivity index (χ1n) is 5.86. The Morgan fingerprint density at radius 1 is 1.37 bits per heavy atom. The Labute approximate surface area is 119 Å². The van der Waals surface area contributed by atoms with Crippen molar-refractivity contribution in [2.75, 3.05) is 19.0 Å². The van der Waals surface area contributed by atoms with Crippen LogP contribution in [0.4, 0.5) is 11.7 Å². The van der Waals surface area contributed by atoms with Crippen LogP contribution in [0.1, 0.15) is 12.8 Å². The molecule has 7 heteroatoms. The quantitative estimate of drug-likeness (QED) is 0.850. The molecule has 102 valence electrons. The van der Waals surface area contributed by atoms with E-state index in [0.29, 0.717) is 18.5 Å². The Kier molecular flexibility index (Phi) is 4.75. The number of benzene rings is 1. The van der Waals surface area contributed by atoms with Gasteiger partial charge in [0.1, 0.15) is 5.75 Å². The summed E-state index contributed by atoms with van der Waals surface area (Å²) < 4.78 is 11.5. The van der Waals surface area contributed by atoms with Gasteiger partial charge < -0.3 is 19.8 Å². The lowest BCUT2D eigenvalue weighted by Crippen LogP contribution is -2.11. The molecular formula is C12H15BrN4O2. The molecule has 1 heterocycles. The minimum atomic E-state index is 0.349. The lowest BCUT2D eigenvalue weighted by atomic mass is 10.3. The Morgan fingerprint density at radius 2 is 2.21 bits per heavy atom. The largest absolute Gasteiger partial charge is 0.497 e. The maximum Gasteiger partial charge on any atom is 0.320 e. The molecule has 2 N–H and O–H groups in total. The molecule has 0 spiro atoms. The molecule has 6 nitrogen and oxygen atoms in total. The van der Waals surface area contributed by atoms with Gasteiger partial charge >= 0.3 is 6.01 Å². The third-order valence-electron chi connectivity index (χ3n) is 2.41. The second kappa shape index (κ2) is 6.53. The van der Waals surface area contributed by atoms with Crippen LogP contribution in [0.3, 0.4) is 0 Å². The van der Waals surface area contributed by atoms with E-state index < -0.39 is 0 Å². The van der Waals surface area contributed by atoms with Gasteiger partial charge in [-0.05, 0) is 34.6 Å². The van der Waals surface area contributed by atoms with Gasteiger partial charge in [0.15, 0.2) is 0 Å². The fraction of sp³-hybridized carbons (Fsp3) is 0.333. The van der Waals surface area contributed by atoms with E-state index in [1.54, 1.807) is 7.11 Å². The molecule has 2 rings (SSSR count). The van der Waals surface area contributed by atoms with Gasteiger partial charge in [0, 0.05) is 10.5 Å². The average molecular weight is 327 g/mol. The number of nitrogens with zero attached hydrogens (tertiary/aromatic N) is 2. The summed E-state index contributed by atoms with van der Waals surface area (Å²) in [5.74, 6) is 1.29. The van der Waals surface area contributed by atoms with Crippen molar-refractivity contribution in [3.8, 4) is 5.75 Å². The second-order valence-corrected chi connectivity index (χ2v) is 4.61. The molecule has 0 aliphatic heterocycles. The van der Waals surface area contributed by atoms with E-state index in [1.807, 2.05) is 25.1 Å². The molecule has 0 bridgehead atoms. The van der Waals surface area contributed by atoms with Gasteiger partial charge in [-0.25, -0.2) is 0 Å². The summed E-state index contributed by atoms with van der Waals surface area (Å²) in [6.45, 7) is 3.43. The highest BCUT2D eigenvalue weighted by atomic mass is 79.9. The minimum Gasteiger partial charge on any atom is -0.497 e. The van der Waals surface area contributed by atoms with Crippen molar-refractivity contribution >= 4 is 27.6 Å². The second-order valence-electron chi connectivity index (χ2n) is 3.75. The monoisotopic (exact) mass is 326 g/mol. The van der Waals surface area contributed by atoms with Crippen molar-refractivity contribution in [3.63, 3.8) is 0 Å². The number of hydrogen-bond acceptors (Lipinski definition) is 6. The molecule has 0 saturated carbocycles. The summed E-state index contributed by atoms with van der Waals surface area (Å²) >= 11 is 3.45. The van der Waals surface area contributed by atoms with Crippen LogP contribution in [0.15, 0.2) is 27.1 Å². The molecule has 1 aromatic heterocycles. The molecule has 1 aromatic carbocycles. The molecule has 0 aliphatic carbocycles. The van der Waals surface area contributed by atoms with Crippen molar-refractivity contribution in [1.82, 2.24) is 15.5 Å². The topological polar surface area (TPSA) is 72.2 Å². The first-order chi connectivity index (χ1) is 9.22. The van der Waals surface area contributed by atoms with Crippen LogP contribution in [-0.4, -0.2) is 23.9 Å². The van der Waals surface area contributed by atoms with Crippen LogP contribution in [0.25, 0.3) is 0 Å². The van der Waals surface area contributed by atoms with E-state index in [4.69, 9.17) is 9.15 Å². The third kappa shape index (κ3) is 3.68. The number of rotatable bonds is 6. The molecule has 0 amide bonds. The summed E-state index contributed by atoms with van der Waals surface area (Å²) in [4.78, 5) is 0. The predicted octanol–water partition coefficient (Wildman–Crippen LogP) is 2.69. The zero-order valence-corrected chi connectivity index (χ0v) is 12.3. The Balaban J connectivity index is 2.10. The summed E-state index contributed by atoms with van der Waals surface area (Å²) in [5.41, 5.74) is 0.804. The summed E-state index contributed by atoms with van der Waals surface area (Å²) in [7, 11) is 1.62. The van der Waals surface area contributed by atoms with Crippen LogP contribution in [0.2, 0.25) is 0 Å². The third-order valence-corrected chi connectivity index (χ3v) is 3.10. The Hall–Kier alpha value is -1.60. The summed E-state index contributed by atoms with van der Waals surface area (Å²) in [5, 5.41) is 14.0. The van der Waals surface area contributed by atoms with Crippen molar-refractivity contribution in [1.29, 1.82) is 0 Å². The van der Waals surface area contributed by atoms with E-state index in [1.165, 1.54) is 0 Å². The molecule has 0 saturated heterocycles. The highest BCUT2D eigenvalue weighted by Gasteiger charge is 2.08. The van der Waals surface area contributed by atoms with Crippen molar-refractivity contribution < 1.29 is 9.15 Å². The summed E-state index contributed by atoms with van der Waals surface area (Å²) in [6.07, 6.45) is 0. The maximum atomic E-state index is 5.46. The molecule has 19 heavy (non-hydrogen) atoms. The standard InChI is InChI=1S/C12H15BrN4O2/c1-3-14-7-11-16-17-12(19-11)15-10-6-8(18-2)4-5-9(10)13/h4-6,14H,3,7H2,1-2H3,(H,15,17). The first kappa shape index (κ1) is 13.8. The van der Waals surface area contributed by atoms with Crippen molar-refractivity contribution in [2.24, 2.45) is 0 Å². The van der Waals surface area contributed by atoms with E-state index >= 15 is 0 Å². The lowest BCUT2D eigenvalue weighted by molar-refractivity contribution is 0.415. The van der Waals surface area contributed by atoms with Crippen LogP contribution in [0.5, 0.6) is 5.75 Å². The average Bonchev–Trinajstić information content (AvgIpc) is 2.86. The normalized spacial score (nSPS) is 10.5.